The van der Waals surface area contributed by atoms with Gasteiger partial charge in [0, 0.05) is 29.7 Å². The molecule has 0 bridgehead atoms. The maximum atomic E-state index is 12.7. The molecule has 2 aromatic heterocycles. The van der Waals surface area contributed by atoms with Crippen molar-refractivity contribution in [2.24, 2.45) is 0 Å². The number of carbonyl (C=O) groups is 1. The number of hydrogen-bond acceptors (Lipinski definition) is 5. The summed E-state index contributed by atoms with van der Waals surface area (Å²) in [6.45, 7) is 3.87. The van der Waals surface area contributed by atoms with Gasteiger partial charge in [0.25, 0.3) is 5.91 Å². The first kappa shape index (κ1) is 15.5. The van der Waals surface area contributed by atoms with Gasteiger partial charge in [-0.05, 0) is 44.0 Å². The van der Waals surface area contributed by atoms with E-state index in [4.69, 9.17) is 0 Å². The Hall–Kier alpha value is -3.02. The van der Waals surface area contributed by atoms with Crippen LogP contribution in [-0.2, 0) is 0 Å². The Morgan fingerprint density at radius 3 is 2.84 bits per heavy atom. The number of pyridine rings is 1. The first-order valence-electron chi connectivity index (χ1n) is 8.44. The molecule has 0 aliphatic carbocycles. The van der Waals surface area contributed by atoms with Crippen LogP contribution in [0.3, 0.4) is 0 Å². The number of nitrogens with one attached hydrogen (secondary N) is 1. The molecule has 6 nitrogen and oxygen atoms in total. The van der Waals surface area contributed by atoms with Crippen molar-refractivity contribution in [2.75, 3.05) is 23.3 Å². The summed E-state index contributed by atoms with van der Waals surface area (Å²) in [5.74, 6) is 0.622. The van der Waals surface area contributed by atoms with Crippen LogP contribution in [0.25, 0.3) is 10.9 Å². The third-order valence-corrected chi connectivity index (χ3v) is 4.44. The lowest BCUT2D eigenvalue weighted by atomic mass is 10.1. The van der Waals surface area contributed by atoms with Crippen LogP contribution in [0.5, 0.6) is 0 Å². The number of aromatic nitrogens is 3. The number of benzene rings is 1. The molecule has 0 saturated carbocycles. The summed E-state index contributed by atoms with van der Waals surface area (Å²) in [6, 6.07) is 9.45. The molecule has 4 rings (SSSR count). The second-order valence-corrected chi connectivity index (χ2v) is 6.27. The molecule has 1 aromatic carbocycles. The van der Waals surface area contributed by atoms with Crippen molar-refractivity contribution < 1.29 is 4.79 Å². The third kappa shape index (κ3) is 3.15. The number of amides is 1. The zero-order valence-corrected chi connectivity index (χ0v) is 14.1. The van der Waals surface area contributed by atoms with Crippen molar-refractivity contribution in [1.29, 1.82) is 0 Å². The zero-order chi connectivity index (χ0) is 17.2. The van der Waals surface area contributed by atoms with E-state index < -0.39 is 0 Å². The standard InChI is InChI=1S/C19H19N5O/c1-13-4-5-14-10-15(6-7-16(14)22-13)19(25)23-17-11-20-12-21-18(17)24-8-2-3-9-24/h4-7,10-12H,2-3,8-9H2,1H3,(H,23,25). The van der Waals surface area contributed by atoms with Gasteiger partial charge in [-0.25, -0.2) is 9.97 Å². The minimum Gasteiger partial charge on any atom is -0.355 e. The lowest BCUT2D eigenvalue weighted by molar-refractivity contribution is 0.102. The molecule has 126 valence electrons. The SMILES string of the molecule is Cc1ccc2cc(C(=O)Nc3cncnc3N3CCCC3)ccc2n1. The fourth-order valence-corrected chi connectivity index (χ4v) is 3.16. The van der Waals surface area contributed by atoms with Gasteiger partial charge in [0.15, 0.2) is 5.82 Å². The van der Waals surface area contributed by atoms with Crippen molar-refractivity contribution in [3.8, 4) is 0 Å². The van der Waals surface area contributed by atoms with Crippen LogP contribution >= 0.6 is 0 Å². The van der Waals surface area contributed by atoms with Crippen LogP contribution in [0.1, 0.15) is 28.9 Å². The van der Waals surface area contributed by atoms with E-state index in [0.717, 1.165) is 48.3 Å². The number of carbonyl (C=O) groups excluding carboxylic acids is 1. The van der Waals surface area contributed by atoms with Crippen molar-refractivity contribution in [2.45, 2.75) is 19.8 Å². The highest BCUT2D eigenvalue weighted by Crippen LogP contribution is 2.26. The Balaban J connectivity index is 1.61. The Labute approximate surface area is 145 Å². The van der Waals surface area contributed by atoms with Gasteiger partial charge in [-0.15, -0.1) is 0 Å². The largest absolute Gasteiger partial charge is 0.355 e. The van der Waals surface area contributed by atoms with Gasteiger partial charge in [0.1, 0.15) is 12.0 Å². The summed E-state index contributed by atoms with van der Waals surface area (Å²) in [5, 5.41) is 3.90. The second-order valence-electron chi connectivity index (χ2n) is 6.27. The molecule has 0 radical (unpaired) electrons. The molecule has 3 heterocycles. The molecule has 1 saturated heterocycles. The Bertz CT molecular complexity index is 934. The average molecular weight is 333 g/mol. The molecule has 0 atom stereocenters. The summed E-state index contributed by atoms with van der Waals surface area (Å²) in [6.07, 6.45) is 5.47. The average Bonchev–Trinajstić information content (AvgIpc) is 3.16. The van der Waals surface area contributed by atoms with Crippen molar-refractivity contribution in [3.63, 3.8) is 0 Å². The Morgan fingerprint density at radius 2 is 2.00 bits per heavy atom. The number of fused-ring (bicyclic) bond motifs is 1. The predicted molar refractivity (Wildman–Crippen MR) is 97.9 cm³/mol. The van der Waals surface area contributed by atoms with Crippen molar-refractivity contribution in [1.82, 2.24) is 15.0 Å². The number of nitrogens with zero attached hydrogens (tertiary/aromatic N) is 4. The van der Waals surface area contributed by atoms with E-state index in [1.807, 2.05) is 31.2 Å². The van der Waals surface area contributed by atoms with Crippen LogP contribution in [-0.4, -0.2) is 33.9 Å². The molecule has 0 unspecified atom stereocenters. The van der Waals surface area contributed by atoms with Crippen LogP contribution in [0, 0.1) is 6.92 Å². The van der Waals surface area contributed by atoms with Gasteiger partial charge in [0.05, 0.1) is 11.7 Å². The fourth-order valence-electron chi connectivity index (χ4n) is 3.16. The normalized spacial score (nSPS) is 14.0. The minimum atomic E-state index is -0.169. The lowest BCUT2D eigenvalue weighted by Crippen LogP contribution is -2.22. The smallest absolute Gasteiger partial charge is 0.255 e. The van der Waals surface area contributed by atoms with E-state index in [1.54, 1.807) is 12.3 Å². The number of hydrogen-bond donors (Lipinski definition) is 1. The maximum absolute atomic E-state index is 12.7. The molecule has 1 aliphatic heterocycles. The second kappa shape index (κ2) is 6.47. The molecule has 1 amide bonds. The predicted octanol–water partition coefficient (Wildman–Crippen LogP) is 3.19. The van der Waals surface area contributed by atoms with Crippen LogP contribution in [0.15, 0.2) is 42.9 Å². The van der Waals surface area contributed by atoms with E-state index in [9.17, 15) is 4.79 Å². The summed E-state index contributed by atoms with van der Waals surface area (Å²) in [7, 11) is 0. The monoisotopic (exact) mass is 333 g/mol. The first-order chi connectivity index (χ1) is 12.2. The zero-order valence-electron chi connectivity index (χ0n) is 14.1. The minimum absolute atomic E-state index is 0.169. The summed E-state index contributed by atoms with van der Waals surface area (Å²) >= 11 is 0. The van der Waals surface area contributed by atoms with E-state index in [1.165, 1.54) is 6.33 Å². The van der Waals surface area contributed by atoms with Gasteiger partial charge in [-0.2, -0.15) is 0 Å². The molecule has 6 heteroatoms. The summed E-state index contributed by atoms with van der Waals surface area (Å²) in [4.78, 5) is 27.8. The molecule has 1 fully saturated rings. The topological polar surface area (TPSA) is 71.0 Å². The van der Waals surface area contributed by atoms with E-state index in [2.05, 4.69) is 25.2 Å². The Kier molecular flexibility index (Phi) is 4.01. The van der Waals surface area contributed by atoms with Gasteiger partial charge < -0.3 is 10.2 Å². The molecule has 1 N–H and O–H groups in total. The Morgan fingerprint density at radius 1 is 1.16 bits per heavy atom. The maximum Gasteiger partial charge on any atom is 0.255 e. The molecule has 1 aliphatic rings. The molecular weight excluding hydrogens is 314 g/mol. The van der Waals surface area contributed by atoms with Crippen LogP contribution in [0.4, 0.5) is 11.5 Å². The first-order valence-corrected chi connectivity index (χ1v) is 8.44. The third-order valence-electron chi connectivity index (χ3n) is 4.44. The molecule has 0 spiro atoms. The fraction of sp³-hybridized carbons (Fsp3) is 0.263. The van der Waals surface area contributed by atoms with Crippen molar-refractivity contribution in [3.05, 3.63) is 54.1 Å². The highest BCUT2D eigenvalue weighted by atomic mass is 16.1. The van der Waals surface area contributed by atoms with Crippen LogP contribution in [0.2, 0.25) is 0 Å². The van der Waals surface area contributed by atoms with Gasteiger partial charge in [0.2, 0.25) is 0 Å². The molecular formula is C19H19N5O. The van der Waals surface area contributed by atoms with E-state index >= 15 is 0 Å². The van der Waals surface area contributed by atoms with E-state index in [-0.39, 0.29) is 5.91 Å². The highest BCUT2D eigenvalue weighted by Gasteiger charge is 2.19. The van der Waals surface area contributed by atoms with Crippen molar-refractivity contribution >= 4 is 28.3 Å². The quantitative estimate of drug-likeness (QED) is 0.797. The number of aryl methyl sites for hydroxylation is 1. The summed E-state index contributed by atoms with van der Waals surface area (Å²) in [5.41, 5.74) is 3.09. The molecule has 25 heavy (non-hydrogen) atoms. The van der Waals surface area contributed by atoms with E-state index in [0.29, 0.717) is 11.3 Å². The van der Waals surface area contributed by atoms with Gasteiger partial charge in [-0.1, -0.05) is 6.07 Å². The number of anilines is 2. The molecule has 3 aromatic rings. The van der Waals surface area contributed by atoms with Gasteiger partial charge in [-0.3, -0.25) is 9.78 Å². The van der Waals surface area contributed by atoms with Gasteiger partial charge >= 0.3 is 0 Å². The number of rotatable bonds is 3. The lowest BCUT2D eigenvalue weighted by Gasteiger charge is -2.19. The van der Waals surface area contributed by atoms with Crippen LogP contribution < -0.4 is 10.2 Å². The summed E-state index contributed by atoms with van der Waals surface area (Å²) < 4.78 is 0. The highest BCUT2D eigenvalue weighted by molar-refractivity contribution is 6.07.